The van der Waals surface area contributed by atoms with Crippen LogP contribution >= 0.6 is 15.9 Å². The molecular weight excluding hydrogens is 247 g/mol. The molecule has 0 bridgehead atoms. The molecule has 2 N–H and O–H groups in total. The largest absolute Gasteiger partial charge is 0.327 e. The molecular formula is C10H12BrFN2. The number of hydrogen-bond acceptors (Lipinski definition) is 2. The number of halogens is 2. The maximum absolute atomic E-state index is 13.8. The van der Waals surface area contributed by atoms with E-state index in [-0.39, 0.29) is 6.04 Å². The zero-order chi connectivity index (χ0) is 10.2. The minimum absolute atomic E-state index is 0.0375. The predicted molar refractivity (Wildman–Crippen MR) is 56.7 cm³/mol. The van der Waals surface area contributed by atoms with E-state index >= 15 is 0 Å². The average Bonchev–Trinajstić information content (AvgIpc) is 2.07. The monoisotopic (exact) mass is 258 g/mol. The van der Waals surface area contributed by atoms with Gasteiger partial charge < -0.3 is 5.73 Å². The second-order valence-electron chi connectivity index (χ2n) is 3.96. The highest BCUT2D eigenvalue weighted by Crippen LogP contribution is 2.37. The fraction of sp³-hybridized carbons (Fsp3) is 0.500. The zero-order valence-corrected chi connectivity index (χ0v) is 9.30. The van der Waals surface area contributed by atoms with Crippen LogP contribution < -0.4 is 5.73 Å². The van der Waals surface area contributed by atoms with Crippen LogP contribution in [0.2, 0.25) is 0 Å². The number of nitrogens with two attached hydrogens (primary N) is 1. The highest BCUT2D eigenvalue weighted by atomic mass is 79.9. The lowest BCUT2D eigenvalue weighted by molar-refractivity contribution is 0.0435. The first kappa shape index (κ1) is 10.1. The fourth-order valence-electron chi connectivity index (χ4n) is 1.86. The smallest absolute Gasteiger partial charge is 0.119 e. The standard InChI is InChI=1S/C10H12BrFN2/c11-7-1-2-9(14-6-7)5-10(12)3-8(13)4-10/h1-2,6,8H,3-5,13H2. The number of hydrogen-bond donors (Lipinski definition) is 1. The first-order valence-electron chi connectivity index (χ1n) is 4.62. The topological polar surface area (TPSA) is 38.9 Å². The summed E-state index contributed by atoms with van der Waals surface area (Å²) >= 11 is 3.29. The molecule has 4 heteroatoms. The quantitative estimate of drug-likeness (QED) is 0.884. The minimum atomic E-state index is -1.11. The summed E-state index contributed by atoms with van der Waals surface area (Å²) in [5.74, 6) is 0. The van der Waals surface area contributed by atoms with Gasteiger partial charge in [0.1, 0.15) is 5.67 Å². The van der Waals surface area contributed by atoms with Crippen molar-refractivity contribution < 1.29 is 4.39 Å². The van der Waals surface area contributed by atoms with Gasteiger partial charge in [-0.25, -0.2) is 4.39 Å². The Hall–Kier alpha value is -0.480. The maximum atomic E-state index is 13.8. The van der Waals surface area contributed by atoms with E-state index in [9.17, 15) is 4.39 Å². The molecule has 0 unspecified atom stereocenters. The molecule has 0 saturated heterocycles. The van der Waals surface area contributed by atoms with E-state index in [4.69, 9.17) is 5.73 Å². The number of pyridine rings is 1. The molecule has 0 aromatic carbocycles. The average molecular weight is 259 g/mol. The summed E-state index contributed by atoms with van der Waals surface area (Å²) in [6.45, 7) is 0. The van der Waals surface area contributed by atoms with Crippen molar-refractivity contribution in [2.45, 2.75) is 31.0 Å². The van der Waals surface area contributed by atoms with Gasteiger partial charge >= 0.3 is 0 Å². The SMILES string of the molecule is NC1CC(F)(Cc2ccc(Br)cn2)C1. The van der Waals surface area contributed by atoms with Gasteiger partial charge in [0.2, 0.25) is 0 Å². The van der Waals surface area contributed by atoms with Gasteiger partial charge in [-0.2, -0.15) is 0 Å². The van der Waals surface area contributed by atoms with Gasteiger partial charge in [0.25, 0.3) is 0 Å². The summed E-state index contributed by atoms with van der Waals surface area (Å²) in [4.78, 5) is 4.14. The minimum Gasteiger partial charge on any atom is -0.327 e. The molecule has 0 atom stereocenters. The molecule has 0 radical (unpaired) electrons. The van der Waals surface area contributed by atoms with E-state index in [0.29, 0.717) is 19.3 Å². The van der Waals surface area contributed by atoms with Gasteiger partial charge in [0.05, 0.1) is 0 Å². The Labute approximate surface area is 90.8 Å². The second-order valence-corrected chi connectivity index (χ2v) is 4.88. The maximum Gasteiger partial charge on any atom is 0.119 e. The summed E-state index contributed by atoms with van der Waals surface area (Å²) in [7, 11) is 0. The van der Waals surface area contributed by atoms with Crippen LogP contribution in [0.5, 0.6) is 0 Å². The fourth-order valence-corrected chi connectivity index (χ4v) is 2.09. The molecule has 1 aliphatic rings. The van der Waals surface area contributed by atoms with Crippen molar-refractivity contribution >= 4 is 15.9 Å². The number of alkyl halides is 1. The molecule has 0 spiro atoms. The second kappa shape index (κ2) is 3.59. The lowest BCUT2D eigenvalue weighted by Crippen LogP contribution is -2.49. The Kier molecular flexibility index (Phi) is 2.58. The third kappa shape index (κ3) is 2.12. The van der Waals surface area contributed by atoms with Crippen molar-refractivity contribution in [1.82, 2.24) is 4.98 Å². The molecule has 14 heavy (non-hydrogen) atoms. The van der Waals surface area contributed by atoms with Crippen LogP contribution in [0.3, 0.4) is 0 Å². The highest BCUT2D eigenvalue weighted by Gasteiger charge is 2.43. The molecule has 0 amide bonds. The van der Waals surface area contributed by atoms with Gasteiger partial charge in [-0.15, -0.1) is 0 Å². The van der Waals surface area contributed by atoms with Gasteiger partial charge in [0.15, 0.2) is 0 Å². The first-order chi connectivity index (χ1) is 6.57. The van der Waals surface area contributed by atoms with Crippen LogP contribution in [0.15, 0.2) is 22.8 Å². The van der Waals surface area contributed by atoms with Gasteiger partial charge in [-0.3, -0.25) is 4.98 Å². The van der Waals surface area contributed by atoms with Crippen molar-refractivity contribution in [3.63, 3.8) is 0 Å². The Morgan fingerprint density at radius 2 is 2.29 bits per heavy atom. The Morgan fingerprint density at radius 3 is 2.79 bits per heavy atom. The molecule has 1 aliphatic carbocycles. The molecule has 1 saturated carbocycles. The van der Waals surface area contributed by atoms with Crippen molar-refractivity contribution in [2.75, 3.05) is 0 Å². The first-order valence-corrected chi connectivity index (χ1v) is 5.42. The molecule has 1 heterocycles. The molecule has 2 nitrogen and oxygen atoms in total. The van der Waals surface area contributed by atoms with Crippen molar-refractivity contribution in [3.8, 4) is 0 Å². The third-order valence-corrected chi connectivity index (χ3v) is 3.01. The predicted octanol–water partition coefficient (Wildman–Crippen LogP) is 2.22. The normalized spacial score (nSPS) is 31.2. The van der Waals surface area contributed by atoms with Crippen LogP contribution in [0.4, 0.5) is 4.39 Å². The number of aromatic nitrogens is 1. The summed E-state index contributed by atoms with van der Waals surface area (Å²) in [5, 5.41) is 0. The Balaban J connectivity index is 2.01. The molecule has 1 aromatic heterocycles. The van der Waals surface area contributed by atoms with Crippen molar-refractivity contribution in [2.24, 2.45) is 5.73 Å². The van der Waals surface area contributed by atoms with Crippen LogP contribution in [0.1, 0.15) is 18.5 Å². The molecule has 0 aliphatic heterocycles. The van der Waals surface area contributed by atoms with Crippen molar-refractivity contribution in [3.05, 3.63) is 28.5 Å². The van der Waals surface area contributed by atoms with Crippen LogP contribution in [-0.2, 0) is 6.42 Å². The summed E-state index contributed by atoms with van der Waals surface area (Å²) in [6, 6.07) is 3.76. The van der Waals surface area contributed by atoms with E-state index in [2.05, 4.69) is 20.9 Å². The Bertz CT molecular complexity index is 319. The molecule has 76 valence electrons. The van der Waals surface area contributed by atoms with E-state index in [1.165, 1.54) is 0 Å². The lowest BCUT2D eigenvalue weighted by Gasteiger charge is -2.39. The molecule has 1 fully saturated rings. The van der Waals surface area contributed by atoms with E-state index in [1.54, 1.807) is 6.20 Å². The number of nitrogens with zero attached hydrogens (tertiary/aromatic N) is 1. The lowest BCUT2D eigenvalue weighted by atomic mass is 9.75. The Morgan fingerprint density at radius 1 is 1.57 bits per heavy atom. The van der Waals surface area contributed by atoms with Crippen molar-refractivity contribution in [1.29, 1.82) is 0 Å². The van der Waals surface area contributed by atoms with E-state index in [0.717, 1.165) is 10.2 Å². The van der Waals surface area contributed by atoms with Gasteiger partial charge in [-0.1, -0.05) is 0 Å². The van der Waals surface area contributed by atoms with Crippen LogP contribution in [0, 0.1) is 0 Å². The summed E-state index contributed by atoms with van der Waals surface area (Å²) < 4.78 is 14.7. The van der Waals surface area contributed by atoms with Crippen LogP contribution in [0.25, 0.3) is 0 Å². The van der Waals surface area contributed by atoms with Crippen LogP contribution in [-0.4, -0.2) is 16.7 Å². The molecule has 2 rings (SSSR count). The van der Waals surface area contributed by atoms with E-state index in [1.807, 2.05) is 12.1 Å². The highest BCUT2D eigenvalue weighted by molar-refractivity contribution is 9.10. The van der Waals surface area contributed by atoms with E-state index < -0.39 is 5.67 Å². The zero-order valence-electron chi connectivity index (χ0n) is 7.71. The summed E-state index contributed by atoms with van der Waals surface area (Å²) in [6.07, 6.45) is 3.00. The third-order valence-electron chi connectivity index (χ3n) is 2.54. The molecule has 1 aromatic rings. The van der Waals surface area contributed by atoms with Gasteiger partial charge in [0, 0.05) is 28.8 Å². The van der Waals surface area contributed by atoms with Gasteiger partial charge in [-0.05, 0) is 40.9 Å². The number of rotatable bonds is 2. The summed E-state index contributed by atoms with van der Waals surface area (Å²) in [5.41, 5.74) is 5.25.